The number of rotatable bonds is 2. The Morgan fingerprint density at radius 3 is 2.94 bits per heavy atom. The van der Waals surface area contributed by atoms with Crippen LogP contribution in [-0.4, -0.2) is 23.2 Å². The minimum absolute atomic E-state index is 0.0311. The van der Waals surface area contributed by atoms with E-state index in [1.54, 1.807) is 6.07 Å². The lowest BCUT2D eigenvalue weighted by Gasteiger charge is -2.26. The molecule has 0 aromatic heterocycles. The Bertz CT molecular complexity index is 453. The minimum Gasteiger partial charge on any atom is -0.393 e. The van der Waals surface area contributed by atoms with E-state index in [9.17, 15) is 14.3 Å². The van der Waals surface area contributed by atoms with Crippen LogP contribution in [0, 0.1) is 5.82 Å². The Kier molecular flexibility index (Phi) is 4.35. The Hall–Kier alpha value is -0.940. The molecule has 1 saturated carbocycles. The van der Waals surface area contributed by atoms with Crippen molar-refractivity contribution in [2.45, 2.75) is 37.8 Å². The van der Waals surface area contributed by atoms with E-state index in [0.29, 0.717) is 6.42 Å². The fourth-order valence-electron chi connectivity index (χ4n) is 2.24. The first kappa shape index (κ1) is 13.5. The summed E-state index contributed by atoms with van der Waals surface area (Å²) in [5, 5.41) is 12.4. The number of carbonyl (C=O) groups excluding carboxylic acids is 1. The molecule has 98 valence electrons. The van der Waals surface area contributed by atoms with Crippen molar-refractivity contribution in [3.63, 3.8) is 0 Å². The van der Waals surface area contributed by atoms with Crippen LogP contribution >= 0.6 is 15.9 Å². The molecule has 0 radical (unpaired) electrons. The van der Waals surface area contributed by atoms with Crippen LogP contribution in [0.3, 0.4) is 0 Å². The van der Waals surface area contributed by atoms with Crippen LogP contribution in [0.4, 0.5) is 4.39 Å². The standard InChI is InChI=1S/C13H15BrFNO2/c14-12-10(5-2-6-11(12)15)13(18)16-8-3-1-4-9(17)7-8/h2,5-6,8-9,17H,1,3-4,7H2,(H,16,18). The molecule has 0 bridgehead atoms. The zero-order valence-corrected chi connectivity index (χ0v) is 11.4. The van der Waals surface area contributed by atoms with Gasteiger partial charge in [-0.25, -0.2) is 4.39 Å². The SMILES string of the molecule is O=C(NC1CCCC(O)C1)c1cccc(F)c1Br. The first-order chi connectivity index (χ1) is 8.58. The van der Waals surface area contributed by atoms with Gasteiger partial charge in [-0.1, -0.05) is 6.07 Å². The van der Waals surface area contributed by atoms with Crippen molar-refractivity contribution in [1.82, 2.24) is 5.32 Å². The summed E-state index contributed by atoms with van der Waals surface area (Å²) in [7, 11) is 0. The predicted molar refractivity (Wildman–Crippen MR) is 69.8 cm³/mol. The van der Waals surface area contributed by atoms with Crippen LogP contribution in [-0.2, 0) is 0 Å². The van der Waals surface area contributed by atoms with Crippen LogP contribution in [0.1, 0.15) is 36.0 Å². The second-order valence-corrected chi connectivity index (χ2v) is 5.39. The highest BCUT2D eigenvalue weighted by Gasteiger charge is 2.23. The summed E-state index contributed by atoms with van der Waals surface area (Å²) in [4.78, 5) is 12.0. The average Bonchev–Trinajstić information content (AvgIpc) is 2.32. The summed E-state index contributed by atoms with van der Waals surface area (Å²) in [5.41, 5.74) is 0.287. The Balaban J connectivity index is 2.05. The van der Waals surface area contributed by atoms with Gasteiger partial charge >= 0.3 is 0 Å². The lowest BCUT2D eigenvalue weighted by molar-refractivity contribution is 0.0848. The van der Waals surface area contributed by atoms with Crippen molar-refractivity contribution in [3.8, 4) is 0 Å². The van der Waals surface area contributed by atoms with Gasteiger partial charge in [0.25, 0.3) is 5.91 Å². The third-order valence-electron chi connectivity index (χ3n) is 3.18. The summed E-state index contributed by atoms with van der Waals surface area (Å²) >= 11 is 3.07. The number of aliphatic hydroxyl groups excluding tert-OH is 1. The van der Waals surface area contributed by atoms with E-state index in [0.717, 1.165) is 19.3 Å². The van der Waals surface area contributed by atoms with E-state index in [2.05, 4.69) is 21.2 Å². The highest BCUT2D eigenvalue weighted by Crippen LogP contribution is 2.22. The molecule has 1 aromatic rings. The second-order valence-electron chi connectivity index (χ2n) is 4.59. The van der Waals surface area contributed by atoms with E-state index in [-0.39, 0.29) is 28.1 Å². The maximum Gasteiger partial charge on any atom is 0.252 e. The molecule has 2 N–H and O–H groups in total. The highest BCUT2D eigenvalue weighted by molar-refractivity contribution is 9.10. The molecule has 0 heterocycles. The van der Waals surface area contributed by atoms with Crippen molar-refractivity contribution >= 4 is 21.8 Å². The number of nitrogens with one attached hydrogen (secondary N) is 1. The van der Waals surface area contributed by atoms with E-state index < -0.39 is 5.82 Å². The van der Waals surface area contributed by atoms with Gasteiger partial charge in [0.15, 0.2) is 0 Å². The minimum atomic E-state index is -0.452. The van der Waals surface area contributed by atoms with Gasteiger partial charge in [0.2, 0.25) is 0 Å². The molecule has 2 rings (SSSR count). The third-order valence-corrected chi connectivity index (χ3v) is 3.98. The van der Waals surface area contributed by atoms with Gasteiger partial charge in [-0.15, -0.1) is 0 Å². The second kappa shape index (κ2) is 5.80. The van der Waals surface area contributed by atoms with Gasteiger partial charge in [-0.05, 0) is 53.7 Å². The maximum atomic E-state index is 13.3. The molecule has 0 spiro atoms. The monoisotopic (exact) mass is 315 g/mol. The zero-order valence-electron chi connectivity index (χ0n) is 9.83. The molecular weight excluding hydrogens is 301 g/mol. The number of amides is 1. The summed E-state index contributed by atoms with van der Waals surface area (Å²) in [5.74, 6) is -0.758. The number of carbonyl (C=O) groups is 1. The molecule has 1 fully saturated rings. The topological polar surface area (TPSA) is 49.3 Å². The average molecular weight is 316 g/mol. The molecule has 1 aliphatic rings. The van der Waals surface area contributed by atoms with Crippen LogP contribution < -0.4 is 5.32 Å². The first-order valence-electron chi connectivity index (χ1n) is 6.01. The number of halogens is 2. The van der Waals surface area contributed by atoms with Gasteiger partial charge in [-0.2, -0.15) is 0 Å². The lowest BCUT2D eigenvalue weighted by atomic mass is 9.93. The van der Waals surface area contributed by atoms with Gasteiger partial charge in [-0.3, -0.25) is 4.79 Å². The largest absolute Gasteiger partial charge is 0.393 e. The van der Waals surface area contributed by atoms with E-state index >= 15 is 0 Å². The number of benzene rings is 1. The molecular formula is C13H15BrFNO2. The van der Waals surface area contributed by atoms with Crippen LogP contribution in [0.15, 0.2) is 22.7 Å². The molecule has 0 aliphatic heterocycles. The zero-order chi connectivity index (χ0) is 13.1. The molecule has 2 unspecified atom stereocenters. The van der Waals surface area contributed by atoms with Gasteiger partial charge < -0.3 is 10.4 Å². The molecule has 2 atom stereocenters. The van der Waals surface area contributed by atoms with Gasteiger partial charge in [0.05, 0.1) is 16.1 Å². The van der Waals surface area contributed by atoms with Gasteiger partial charge in [0.1, 0.15) is 5.82 Å². The Morgan fingerprint density at radius 2 is 2.22 bits per heavy atom. The molecule has 1 aliphatic carbocycles. The van der Waals surface area contributed by atoms with Crippen molar-refractivity contribution in [3.05, 3.63) is 34.1 Å². The van der Waals surface area contributed by atoms with Crippen molar-refractivity contribution in [1.29, 1.82) is 0 Å². The Morgan fingerprint density at radius 1 is 1.44 bits per heavy atom. The van der Waals surface area contributed by atoms with Gasteiger partial charge in [0, 0.05) is 6.04 Å². The molecule has 3 nitrogen and oxygen atoms in total. The maximum absolute atomic E-state index is 13.3. The van der Waals surface area contributed by atoms with Crippen molar-refractivity contribution in [2.75, 3.05) is 0 Å². The summed E-state index contributed by atoms with van der Waals surface area (Å²) < 4.78 is 13.5. The molecule has 1 aromatic carbocycles. The lowest BCUT2D eigenvalue weighted by Crippen LogP contribution is -2.39. The molecule has 5 heteroatoms. The van der Waals surface area contributed by atoms with Crippen LogP contribution in [0.25, 0.3) is 0 Å². The number of hydrogen-bond acceptors (Lipinski definition) is 2. The fraction of sp³-hybridized carbons (Fsp3) is 0.462. The fourth-order valence-corrected chi connectivity index (χ4v) is 2.68. The van der Waals surface area contributed by atoms with Crippen LogP contribution in [0.2, 0.25) is 0 Å². The molecule has 0 saturated heterocycles. The van der Waals surface area contributed by atoms with E-state index in [1.165, 1.54) is 12.1 Å². The first-order valence-corrected chi connectivity index (χ1v) is 6.80. The summed E-state index contributed by atoms with van der Waals surface area (Å²) in [6.45, 7) is 0. The molecule has 1 amide bonds. The van der Waals surface area contributed by atoms with Crippen molar-refractivity contribution in [2.24, 2.45) is 0 Å². The van der Waals surface area contributed by atoms with Crippen molar-refractivity contribution < 1.29 is 14.3 Å². The summed E-state index contributed by atoms with van der Waals surface area (Å²) in [6, 6.07) is 4.34. The quantitative estimate of drug-likeness (QED) is 0.881. The highest BCUT2D eigenvalue weighted by atomic mass is 79.9. The predicted octanol–water partition coefficient (Wildman–Crippen LogP) is 2.62. The number of hydrogen-bond donors (Lipinski definition) is 2. The Labute approximate surface area is 114 Å². The molecule has 18 heavy (non-hydrogen) atoms. The summed E-state index contributed by atoms with van der Waals surface area (Å²) in [6.07, 6.45) is 2.76. The number of aliphatic hydroxyl groups is 1. The smallest absolute Gasteiger partial charge is 0.252 e. The normalized spacial score (nSPS) is 23.7. The van der Waals surface area contributed by atoms with E-state index in [4.69, 9.17) is 0 Å². The van der Waals surface area contributed by atoms with E-state index in [1.807, 2.05) is 0 Å². The third kappa shape index (κ3) is 3.09. The van der Waals surface area contributed by atoms with Crippen LogP contribution in [0.5, 0.6) is 0 Å².